The quantitative estimate of drug-likeness (QED) is 0.546. The maximum absolute atomic E-state index is 10.7. The van der Waals surface area contributed by atoms with Crippen LogP contribution in [0.4, 0.5) is 0 Å². The van der Waals surface area contributed by atoms with E-state index in [1.54, 1.807) is 17.4 Å². The maximum Gasteiger partial charge on any atom is 0.341 e. The minimum absolute atomic E-state index is 0.0622. The first kappa shape index (κ1) is 20.3. The van der Waals surface area contributed by atoms with Gasteiger partial charge in [-0.3, -0.25) is 0 Å². The lowest BCUT2D eigenvalue weighted by Crippen LogP contribution is -2.16. The van der Waals surface area contributed by atoms with Crippen molar-refractivity contribution in [3.8, 4) is 10.6 Å². The lowest BCUT2D eigenvalue weighted by molar-refractivity contribution is -0.140. The number of nitrogens with zero attached hydrogens (tertiary/aromatic N) is 1. The van der Waals surface area contributed by atoms with Gasteiger partial charge in [0, 0.05) is 12.0 Å². The number of thiazole rings is 1. The number of ether oxygens (including phenoxy) is 2. The molecule has 0 aliphatic heterocycles. The van der Waals surface area contributed by atoms with Gasteiger partial charge in [0.2, 0.25) is 0 Å². The van der Waals surface area contributed by atoms with Gasteiger partial charge in [0.25, 0.3) is 0 Å². The third-order valence-electron chi connectivity index (χ3n) is 5.06. The summed E-state index contributed by atoms with van der Waals surface area (Å²) in [5.74, 6) is -0.366. The van der Waals surface area contributed by atoms with Crippen LogP contribution in [0.5, 0.6) is 0 Å². The zero-order chi connectivity index (χ0) is 21.1. The number of rotatable bonds is 7. The molecule has 1 aliphatic rings. The van der Waals surface area contributed by atoms with Crippen LogP contribution in [0, 0.1) is 6.92 Å². The summed E-state index contributed by atoms with van der Waals surface area (Å²) in [4.78, 5) is 16.5. The van der Waals surface area contributed by atoms with E-state index in [1.165, 1.54) is 10.8 Å². The SMILES string of the molecule is CC1=C(OCC(=O)O)C=CC(OCc2sc(-c3ccc4ccccc4c3)nc2C)C1. The zero-order valence-corrected chi connectivity index (χ0v) is 17.7. The van der Waals surface area contributed by atoms with Crippen molar-refractivity contribution in [2.24, 2.45) is 0 Å². The molecule has 1 atom stereocenters. The normalized spacial score (nSPS) is 16.3. The molecule has 0 spiro atoms. The Morgan fingerprint density at radius 3 is 2.77 bits per heavy atom. The molecule has 0 saturated heterocycles. The van der Waals surface area contributed by atoms with Gasteiger partial charge in [0.05, 0.1) is 23.3 Å². The molecule has 5 nitrogen and oxygen atoms in total. The van der Waals surface area contributed by atoms with Gasteiger partial charge >= 0.3 is 5.97 Å². The third kappa shape index (κ3) is 4.61. The van der Waals surface area contributed by atoms with Gasteiger partial charge in [-0.2, -0.15) is 0 Å². The van der Waals surface area contributed by atoms with Crippen molar-refractivity contribution in [3.05, 3.63) is 76.5 Å². The lowest BCUT2D eigenvalue weighted by Gasteiger charge is -2.20. The number of aliphatic carboxylic acids is 1. The number of aryl methyl sites for hydroxylation is 1. The molecule has 3 aromatic rings. The highest BCUT2D eigenvalue weighted by atomic mass is 32.1. The number of hydrogen-bond acceptors (Lipinski definition) is 5. The van der Waals surface area contributed by atoms with E-state index in [2.05, 4.69) is 30.3 Å². The van der Waals surface area contributed by atoms with Crippen LogP contribution in [0.1, 0.15) is 23.9 Å². The molecule has 154 valence electrons. The van der Waals surface area contributed by atoms with Gasteiger partial charge in [-0.05, 0) is 42.3 Å². The smallest absolute Gasteiger partial charge is 0.341 e. The standard InChI is InChI=1S/C24H23NO4S/c1-15-11-20(9-10-21(15)29-14-23(26)27)28-13-22-16(2)25-24(30-22)19-8-7-17-5-3-4-6-18(17)12-19/h3-10,12,20H,11,13-14H2,1-2H3,(H,26,27). The molecule has 1 N–H and O–H groups in total. The van der Waals surface area contributed by atoms with Gasteiger partial charge in [-0.1, -0.05) is 42.5 Å². The minimum Gasteiger partial charge on any atom is -0.482 e. The fourth-order valence-electron chi connectivity index (χ4n) is 3.42. The molecule has 4 rings (SSSR count). The van der Waals surface area contributed by atoms with Crippen molar-refractivity contribution in [2.45, 2.75) is 33.0 Å². The van der Waals surface area contributed by atoms with Gasteiger partial charge in [-0.15, -0.1) is 11.3 Å². The Balaban J connectivity index is 1.41. The van der Waals surface area contributed by atoms with Crippen LogP contribution in [0.3, 0.4) is 0 Å². The highest BCUT2D eigenvalue weighted by Gasteiger charge is 2.17. The average Bonchev–Trinajstić information content (AvgIpc) is 3.11. The van der Waals surface area contributed by atoms with Crippen molar-refractivity contribution >= 4 is 28.1 Å². The number of carboxylic acids is 1. The summed E-state index contributed by atoms with van der Waals surface area (Å²) < 4.78 is 11.4. The Kier molecular flexibility index (Phi) is 5.97. The summed E-state index contributed by atoms with van der Waals surface area (Å²) in [5, 5.41) is 12.2. The number of carboxylic acid groups (broad SMARTS) is 1. The van der Waals surface area contributed by atoms with Crippen LogP contribution in [-0.4, -0.2) is 28.8 Å². The number of allylic oxidation sites excluding steroid dienone is 1. The first-order chi connectivity index (χ1) is 14.5. The Hall–Kier alpha value is -2.96. The summed E-state index contributed by atoms with van der Waals surface area (Å²) in [5.41, 5.74) is 3.09. The molecule has 0 fully saturated rings. The molecule has 0 saturated carbocycles. The van der Waals surface area contributed by atoms with Crippen LogP contribution >= 0.6 is 11.3 Å². The Bertz CT molecular complexity index is 1150. The predicted molar refractivity (Wildman–Crippen MR) is 118 cm³/mol. The van der Waals surface area contributed by atoms with Crippen molar-refractivity contribution in [1.29, 1.82) is 0 Å². The monoisotopic (exact) mass is 421 g/mol. The molecule has 1 aromatic heterocycles. The third-order valence-corrected chi connectivity index (χ3v) is 6.24. The fraction of sp³-hybridized carbons (Fsp3) is 0.250. The Labute approximate surface area is 179 Å². The van der Waals surface area contributed by atoms with Crippen molar-refractivity contribution in [1.82, 2.24) is 4.98 Å². The second-order valence-corrected chi connectivity index (χ2v) is 8.41. The van der Waals surface area contributed by atoms with Crippen LogP contribution < -0.4 is 0 Å². The second-order valence-electron chi connectivity index (χ2n) is 7.33. The minimum atomic E-state index is -0.982. The molecule has 30 heavy (non-hydrogen) atoms. The molecular formula is C24H23NO4S. The topological polar surface area (TPSA) is 68.7 Å². The van der Waals surface area contributed by atoms with Crippen molar-refractivity contribution < 1.29 is 19.4 Å². The van der Waals surface area contributed by atoms with Crippen LogP contribution in [-0.2, 0) is 20.9 Å². The molecule has 0 radical (unpaired) electrons. The van der Waals surface area contributed by atoms with Crippen LogP contribution in [0.2, 0.25) is 0 Å². The van der Waals surface area contributed by atoms with E-state index >= 15 is 0 Å². The Morgan fingerprint density at radius 2 is 2.00 bits per heavy atom. The van der Waals surface area contributed by atoms with Crippen LogP contribution in [0.25, 0.3) is 21.3 Å². The summed E-state index contributed by atoms with van der Waals surface area (Å²) in [6, 6.07) is 14.7. The zero-order valence-electron chi connectivity index (χ0n) is 16.9. The van der Waals surface area contributed by atoms with E-state index < -0.39 is 5.97 Å². The summed E-state index contributed by atoms with van der Waals surface area (Å²) in [6.45, 7) is 4.11. The van der Waals surface area contributed by atoms with E-state index in [-0.39, 0.29) is 12.7 Å². The largest absolute Gasteiger partial charge is 0.482 e. The predicted octanol–water partition coefficient (Wildman–Crippen LogP) is 5.49. The van der Waals surface area contributed by atoms with Gasteiger partial charge in [-0.25, -0.2) is 9.78 Å². The number of aromatic nitrogens is 1. The molecule has 1 heterocycles. The van der Waals surface area contributed by atoms with E-state index in [0.717, 1.165) is 26.7 Å². The van der Waals surface area contributed by atoms with Gasteiger partial charge in [0.1, 0.15) is 10.8 Å². The van der Waals surface area contributed by atoms with Gasteiger partial charge < -0.3 is 14.6 Å². The van der Waals surface area contributed by atoms with E-state index in [0.29, 0.717) is 18.8 Å². The first-order valence-corrected chi connectivity index (χ1v) is 10.6. The average molecular weight is 422 g/mol. The van der Waals surface area contributed by atoms with Crippen LogP contribution in [0.15, 0.2) is 65.9 Å². The van der Waals surface area contributed by atoms with E-state index in [9.17, 15) is 4.79 Å². The first-order valence-electron chi connectivity index (χ1n) is 9.79. The summed E-state index contributed by atoms with van der Waals surface area (Å²) in [6.07, 6.45) is 4.34. The molecular weight excluding hydrogens is 398 g/mol. The molecule has 6 heteroatoms. The summed E-state index contributed by atoms with van der Waals surface area (Å²) >= 11 is 1.66. The lowest BCUT2D eigenvalue weighted by atomic mass is 10.0. The number of fused-ring (bicyclic) bond motifs is 1. The van der Waals surface area contributed by atoms with E-state index in [1.807, 2.05) is 32.1 Å². The maximum atomic E-state index is 10.7. The fourth-order valence-corrected chi connectivity index (χ4v) is 4.40. The molecule has 0 amide bonds. The molecule has 1 aliphatic carbocycles. The van der Waals surface area contributed by atoms with Crippen molar-refractivity contribution in [2.75, 3.05) is 6.61 Å². The van der Waals surface area contributed by atoms with Crippen molar-refractivity contribution in [3.63, 3.8) is 0 Å². The number of benzene rings is 2. The second kappa shape index (κ2) is 8.81. The highest BCUT2D eigenvalue weighted by Crippen LogP contribution is 2.31. The summed E-state index contributed by atoms with van der Waals surface area (Å²) in [7, 11) is 0. The highest BCUT2D eigenvalue weighted by molar-refractivity contribution is 7.15. The van der Waals surface area contributed by atoms with Gasteiger partial charge in [0.15, 0.2) is 6.61 Å². The molecule has 0 bridgehead atoms. The molecule has 1 unspecified atom stereocenters. The number of hydrogen-bond donors (Lipinski definition) is 1. The molecule has 2 aromatic carbocycles. The van der Waals surface area contributed by atoms with E-state index in [4.69, 9.17) is 19.6 Å². The Morgan fingerprint density at radius 1 is 1.20 bits per heavy atom. The number of carbonyl (C=O) groups is 1.